The zero-order chi connectivity index (χ0) is 13.8. The fourth-order valence-electron chi connectivity index (χ4n) is 2.42. The van der Waals surface area contributed by atoms with E-state index in [1.807, 2.05) is 6.20 Å². The van der Waals surface area contributed by atoms with Gasteiger partial charge in [0.15, 0.2) is 0 Å². The molecule has 0 bridgehead atoms. The molecule has 0 saturated heterocycles. The van der Waals surface area contributed by atoms with Gasteiger partial charge in [0.25, 0.3) is 0 Å². The molecule has 3 nitrogen and oxygen atoms in total. The van der Waals surface area contributed by atoms with Crippen molar-refractivity contribution in [2.24, 2.45) is 0 Å². The molecule has 2 aromatic carbocycles. The number of aromatic nitrogens is 2. The van der Waals surface area contributed by atoms with Gasteiger partial charge in [-0.2, -0.15) is 5.10 Å². The topological polar surface area (TPSA) is 29.9 Å². The van der Waals surface area contributed by atoms with E-state index >= 15 is 0 Å². The van der Waals surface area contributed by atoms with Crippen molar-refractivity contribution in [2.45, 2.75) is 26.4 Å². The van der Waals surface area contributed by atoms with Gasteiger partial charge >= 0.3 is 0 Å². The Balaban J connectivity index is 1.74. The maximum atomic E-state index is 4.34. The molecule has 1 aromatic heterocycles. The first-order valence-corrected chi connectivity index (χ1v) is 7.10. The minimum absolute atomic E-state index is 0.804. The summed E-state index contributed by atoms with van der Waals surface area (Å²) in [6, 6.07) is 17.0. The molecule has 0 atom stereocenters. The lowest BCUT2D eigenvalue weighted by Crippen LogP contribution is -2.08. The van der Waals surface area contributed by atoms with Crippen molar-refractivity contribution in [3.8, 4) is 0 Å². The molecule has 3 heteroatoms. The highest BCUT2D eigenvalue weighted by Gasteiger charge is 2.02. The van der Waals surface area contributed by atoms with E-state index in [2.05, 4.69) is 70.6 Å². The summed E-state index contributed by atoms with van der Waals surface area (Å²) < 4.78 is 2.06. The van der Waals surface area contributed by atoms with Crippen LogP contribution in [0.2, 0.25) is 0 Å². The van der Waals surface area contributed by atoms with Crippen LogP contribution < -0.4 is 5.32 Å². The first-order valence-electron chi connectivity index (χ1n) is 7.10. The predicted octanol–water partition coefficient (Wildman–Crippen LogP) is 4.06. The van der Waals surface area contributed by atoms with E-state index in [0.29, 0.717) is 0 Å². The number of benzene rings is 2. The summed E-state index contributed by atoms with van der Waals surface area (Å²) in [5.41, 5.74) is 2.37. The molecule has 0 amide bonds. The van der Waals surface area contributed by atoms with Gasteiger partial charge in [-0.15, -0.1) is 0 Å². The van der Waals surface area contributed by atoms with Crippen LogP contribution in [0.3, 0.4) is 0 Å². The van der Waals surface area contributed by atoms with Crippen LogP contribution in [0.1, 0.15) is 19.0 Å². The number of aryl methyl sites for hydroxylation is 1. The molecule has 0 aliphatic rings. The van der Waals surface area contributed by atoms with Gasteiger partial charge in [0.05, 0.1) is 12.2 Å². The van der Waals surface area contributed by atoms with Gasteiger partial charge < -0.3 is 5.32 Å². The Morgan fingerprint density at radius 1 is 1.05 bits per heavy atom. The number of nitrogens with zero attached hydrogens (tertiary/aromatic N) is 2. The average Bonchev–Trinajstić information content (AvgIpc) is 2.93. The standard InChI is InChI=1S/C17H19N3/c1-2-11-20-17(9-10-19-20)13-18-16-8-7-14-5-3-4-6-15(14)12-16/h3-10,12,18H,2,11,13H2,1H3. The van der Waals surface area contributed by atoms with E-state index in [1.165, 1.54) is 16.5 Å². The number of fused-ring (bicyclic) bond motifs is 1. The lowest BCUT2D eigenvalue weighted by molar-refractivity contribution is 0.578. The van der Waals surface area contributed by atoms with Crippen LogP contribution in [0.25, 0.3) is 10.8 Å². The van der Waals surface area contributed by atoms with Crippen LogP contribution in [-0.4, -0.2) is 9.78 Å². The van der Waals surface area contributed by atoms with Gasteiger partial charge in [0.1, 0.15) is 0 Å². The van der Waals surface area contributed by atoms with Crippen LogP contribution in [0.4, 0.5) is 5.69 Å². The summed E-state index contributed by atoms with van der Waals surface area (Å²) >= 11 is 0. The molecule has 20 heavy (non-hydrogen) atoms. The lowest BCUT2D eigenvalue weighted by Gasteiger charge is -2.09. The van der Waals surface area contributed by atoms with Crippen molar-refractivity contribution in [1.29, 1.82) is 0 Å². The Bertz CT molecular complexity index is 700. The number of hydrogen-bond acceptors (Lipinski definition) is 2. The SMILES string of the molecule is CCCn1nccc1CNc1ccc2ccccc2c1. The summed E-state index contributed by atoms with van der Waals surface area (Å²) in [5.74, 6) is 0. The van der Waals surface area contributed by atoms with Gasteiger partial charge in [-0.3, -0.25) is 4.68 Å². The fourth-order valence-corrected chi connectivity index (χ4v) is 2.42. The molecule has 102 valence electrons. The molecule has 3 rings (SSSR count). The highest BCUT2D eigenvalue weighted by atomic mass is 15.3. The minimum Gasteiger partial charge on any atom is -0.379 e. The van der Waals surface area contributed by atoms with Gasteiger partial charge in [-0.25, -0.2) is 0 Å². The summed E-state index contributed by atoms with van der Waals surface area (Å²) in [4.78, 5) is 0. The van der Waals surface area contributed by atoms with Crippen molar-refractivity contribution >= 4 is 16.5 Å². The van der Waals surface area contributed by atoms with Gasteiger partial charge in [-0.1, -0.05) is 37.3 Å². The van der Waals surface area contributed by atoms with E-state index in [9.17, 15) is 0 Å². The summed E-state index contributed by atoms with van der Waals surface area (Å²) in [5, 5.41) is 10.4. The Hall–Kier alpha value is -2.29. The largest absolute Gasteiger partial charge is 0.379 e. The van der Waals surface area contributed by atoms with Crippen LogP contribution >= 0.6 is 0 Å². The highest BCUT2D eigenvalue weighted by Crippen LogP contribution is 2.19. The highest BCUT2D eigenvalue weighted by molar-refractivity contribution is 5.85. The van der Waals surface area contributed by atoms with Crippen molar-refractivity contribution in [2.75, 3.05) is 5.32 Å². The Labute approximate surface area is 119 Å². The second-order valence-electron chi connectivity index (χ2n) is 4.96. The molecule has 0 fully saturated rings. The summed E-state index contributed by atoms with van der Waals surface area (Å²) in [7, 11) is 0. The molecular formula is C17H19N3. The Morgan fingerprint density at radius 3 is 2.75 bits per heavy atom. The maximum Gasteiger partial charge on any atom is 0.0575 e. The van der Waals surface area contributed by atoms with Crippen molar-refractivity contribution in [1.82, 2.24) is 9.78 Å². The monoisotopic (exact) mass is 265 g/mol. The lowest BCUT2D eigenvalue weighted by atomic mass is 10.1. The molecule has 0 spiro atoms. The van der Waals surface area contributed by atoms with E-state index < -0.39 is 0 Å². The minimum atomic E-state index is 0.804. The number of rotatable bonds is 5. The van der Waals surface area contributed by atoms with Crippen LogP contribution in [0.5, 0.6) is 0 Å². The van der Waals surface area contributed by atoms with Crippen LogP contribution in [0.15, 0.2) is 54.7 Å². The molecule has 0 radical (unpaired) electrons. The van der Waals surface area contributed by atoms with Crippen molar-refractivity contribution < 1.29 is 0 Å². The Morgan fingerprint density at radius 2 is 1.90 bits per heavy atom. The predicted molar refractivity (Wildman–Crippen MR) is 83.8 cm³/mol. The molecule has 0 aliphatic carbocycles. The Kier molecular flexibility index (Phi) is 3.68. The van der Waals surface area contributed by atoms with Gasteiger partial charge in [0.2, 0.25) is 0 Å². The number of nitrogens with one attached hydrogen (secondary N) is 1. The fraction of sp³-hybridized carbons (Fsp3) is 0.235. The molecule has 3 aromatic rings. The third-order valence-electron chi connectivity index (χ3n) is 3.46. The zero-order valence-corrected chi connectivity index (χ0v) is 11.7. The first kappa shape index (κ1) is 12.7. The van der Waals surface area contributed by atoms with E-state index in [-0.39, 0.29) is 0 Å². The number of anilines is 1. The third-order valence-corrected chi connectivity index (χ3v) is 3.46. The molecule has 0 saturated carbocycles. The number of hydrogen-bond donors (Lipinski definition) is 1. The van der Waals surface area contributed by atoms with E-state index in [0.717, 1.165) is 25.2 Å². The quantitative estimate of drug-likeness (QED) is 0.754. The van der Waals surface area contributed by atoms with E-state index in [4.69, 9.17) is 0 Å². The zero-order valence-electron chi connectivity index (χ0n) is 11.7. The maximum absolute atomic E-state index is 4.34. The van der Waals surface area contributed by atoms with Crippen molar-refractivity contribution in [3.05, 3.63) is 60.4 Å². The normalized spacial score (nSPS) is 10.8. The third kappa shape index (κ3) is 2.67. The smallest absolute Gasteiger partial charge is 0.0575 e. The van der Waals surface area contributed by atoms with Crippen molar-refractivity contribution in [3.63, 3.8) is 0 Å². The second-order valence-corrected chi connectivity index (χ2v) is 4.96. The summed E-state index contributed by atoms with van der Waals surface area (Å²) in [6.07, 6.45) is 2.97. The molecular weight excluding hydrogens is 246 g/mol. The molecule has 1 N–H and O–H groups in total. The van der Waals surface area contributed by atoms with Crippen LogP contribution in [0, 0.1) is 0 Å². The molecule has 0 unspecified atom stereocenters. The second kappa shape index (κ2) is 5.78. The van der Waals surface area contributed by atoms with Gasteiger partial charge in [-0.05, 0) is 35.4 Å². The van der Waals surface area contributed by atoms with Gasteiger partial charge in [0, 0.05) is 18.4 Å². The summed E-state index contributed by atoms with van der Waals surface area (Å²) in [6.45, 7) is 3.95. The van der Waals surface area contributed by atoms with Crippen LogP contribution in [-0.2, 0) is 13.1 Å². The first-order chi connectivity index (χ1) is 9.86. The average molecular weight is 265 g/mol. The molecule has 1 heterocycles. The molecule has 0 aliphatic heterocycles. The van der Waals surface area contributed by atoms with E-state index in [1.54, 1.807) is 0 Å².